The van der Waals surface area contributed by atoms with Crippen molar-refractivity contribution in [3.05, 3.63) is 0 Å². The van der Waals surface area contributed by atoms with Crippen molar-refractivity contribution in [1.29, 1.82) is 0 Å². The van der Waals surface area contributed by atoms with Gasteiger partial charge in [0.25, 0.3) is 0 Å². The standard InChI is InChI=1S/C16H31NO3S/c1-17(2)11-9-7-5-3-4-6-8-10-15(18)12-14(13-21)16(19)20/h14,21H,3-13H2,1-2H3,(H,19,20). The van der Waals surface area contributed by atoms with Gasteiger partial charge >= 0.3 is 5.97 Å². The van der Waals surface area contributed by atoms with E-state index in [1.54, 1.807) is 0 Å². The topological polar surface area (TPSA) is 57.6 Å². The summed E-state index contributed by atoms with van der Waals surface area (Å²) in [6.45, 7) is 1.16. The Morgan fingerprint density at radius 3 is 2.00 bits per heavy atom. The van der Waals surface area contributed by atoms with Gasteiger partial charge in [-0.2, -0.15) is 12.6 Å². The molecule has 0 heterocycles. The summed E-state index contributed by atoms with van der Waals surface area (Å²) in [5, 5.41) is 8.86. The minimum Gasteiger partial charge on any atom is -0.481 e. The lowest BCUT2D eigenvalue weighted by Crippen LogP contribution is -2.19. The molecule has 0 aliphatic rings. The SMILES string of the molecule is CN(C)CCCCCCCCCC(=O)CC(CS)C(=O)O. The largest absolute Gasteiger partial charge is 0.481 e. The fourth-order valence-electron chi connectivity index (χ4n) is 2.24. The number of Topliss-reactive ketones (excluding diaryl/α,β-unsaturated/α-hetero) is 1. The van der Waals surface area contributed by atoms with Gasteiger partial charge in [0, 0.05) is 18.6 Å². The molecule has 124 valence electrons. The average Bonchev–Trinajstić information content (AvgIpc) is 2.42. The first-order chi connectivity index (χ1) is 9.97. The van der Waals surface area contributed by atoms with E-state index in [0.29, 0.717) is 6.42 Å². The molecule has 0 bridgehead atoms. The lowest BCUT2D eigenvalue weighted by molar-refractivity contribution is -0.142. The van der Waals surface area contributed by atoms with Gasteiger partial charge < -0.3 is 10.0 Å². The van der Waals surface area contributed by atoms with Crippen LogP contribution in [0.3, 0.4) is 0 Å². The summed E-state index contributed by atoms with van der Waals surface area (Å²) in [5.74, 6) is -1.26. The highest BCUT2D eigenvalue weighted by Gasteiger charge is 2.18. The first-order valence-corrected chi connectivity index (χ1v) is 8.60. The maximum absolute atomic E-state index is 11.7. The lowest BCUT2D eigenvalue weighted by Gasteiger charge is -2.09. The van der Waals surface area contributed by atoms with Gasteiger partial charge in [-0.1, -0.05) is 32.1 Å². The molecule has 0 aliphatic carbocycles. The van der Waals surface area contributed by atoms with Crippen molar-refractivity contribution in [3.63, 3.8) is 0 Å². The summed E-state index contributed by atoms with van der Waals surface area (Å²) < 4.78 is 0. The predicted molar refractivity (Wildman–Crippen MR) is 90.1 cm³/mol. The highest BCUT2D eigenvalue weighted by Crippen LogP contribution is 2.12. The molecule has 1 N–H and O–H groups in total. The molecule has 0 radical (unpaired) electrons. The number of carboxylic acid groups (broad SMARTS) is 1. The average molecular weight is 317 g/mol. The molecule has 0 rings (SSSR count). The van der Waals surface area contributed by atoms with Crippen LogP contribution in [0.4, 0.5) is 0 Å². The second-order valence-electron chi connectivity index (χ2n) is 5.99. The van der Waals surface area contributed by atoms with Gasteiger partial charge in [0.1, 0.15) is 5.78 Å². The van der Waals surface area contributed by atoms with Crippen molar-refractivity contribution in [1.82, 2.24) is 4.90 Å². The van der Waals surface area contributed by atoms with Gasteiger partial charge in [0.15, 0.2) is 0 Å². The van der Waals surface area contributed by atoms with Crippen LogP contribution < -0.4 is 0 Å². The molecule has 21 heavy (non-hydrogen) atoms. The van der Waals surface area contributed by atoms with E-state index < -0.39 is 11.9 Å². The Morgan fingerprint density at radius 1 is 1.00 bits per heavy atom. The fourth-order valence-corrected chi connectivity index (χ4v) is 2.53. The molecular weight excluding hydrogens is 286 g/mol. The number of carbonyl (C=O) groups excluding carboxylic acids is 1. The van der Waals surface area contributed by atoms with Crippen LogP contribution >= 0.6 is 12.6 Å². The van der Waals surface area contributed by atoms with E-state index in [2.05, 4.69) is 31.6 Å². The summed E-state index contributed by atoms with van der Waals surface area (Å²) in [6.07, 6.45) is 8.79. The van der Waals surface area contributed by atoms with Crippen LogP contribution in [-0.2, 0) is 9.59 Å². The third-order valence-electron chi connectivity index (χ3n) is 3.60. The zero-order valence-corrected chi connectivity index (χ0v) is 14.4. The maximum atomic E-state index is 11.7. The van der Waals surface area contributed by atoms with Crippen molar-refractivity contribution >= 4 is 24.4 Å². The number of aliphatic carboxylic acids is 1. The Hall–Kier alpha value is -0.550. The number of rotatable bonds is 14. The van der Waals surface area contributed by atoms with E-state index >= 15 is 0 Å². The zero-order valence-electron chi connectivity index (χ0n) is 13.5. The monoisotopic (exact) mass is 317 g/mol. The number of thiol groups is 1. The molecule has 1 atom stereocenters. The van der Waals surface area contributed by atoms with E-state index in [1.807, 2.05) is 0 Å². The van der Waals surface area contributed by atoms with Gasteiger partial charge in [-0.3, -0.25) is 9.59 Å². The molecule has 0 aromatic rings. The van der Waals surface area contributed by atoms with Crippen LogP contribution in [-0.4, -0.2) is 48.2 Å². The summed E-state index contributed by atoms with van der Waals surface area (Å²) in [7, 11) is 4.19. The summed E-state index contributed by atoms with van der Waals surface area (Å²) in [6, 6.07) is 0. The third kappa shape index (κ3) is 12.9. The number of nitrogens with zero attached hydrogens (tertiary/aromatic N) is 1. The molecule has 4 nitrogen and oxygen atoms in total. The molecule has 0 saturated heterocycles. The highest BCUT2D eigenvalue weighted by atomic mass is 32.1. The maximum Gasteiger partial charge on any atom is 0.307 e. The van der Waals surface area contributed by atoms with Crippen LogP contribution in [0.15, 0.2) is 0 Å². The number of carboxylic acids is 1. The zero-order chi connectivity index (χ0) is 16.1. The molecule has 1 unspecified atom stereocenters. The molecule has 0 aromatic carbocycles. The smallest absolute Gasteiger partial charge is 0.307 e. The third-order valence-corrected chi connectivity index (χ3v) is 4.05. The Morgan fingerprint density at radius 2 is 1.52 bits per heavy atom. The quantitative estimate of drug-likeness (QED) is 0.381. The van der Waals surface area contributed by atoms with Crippen LogP contribution in [0.25, 0.3) is 0 Å². The molecule has 5 heteroatoms. The fraction of sp³-hybridized carbons (Fsp3) is 0.875. The van der Waals surface area contributed by atoms with E-state index in [1.165, 1.54) is 32.1 Å². The molecule has 0 saturated carbocycles. The molecule has 0 aromatic heterocycles. The van der Waals surface area contributed by atoms with Gasteiger partial charge in [0.2, 0.25) is 0 Å². The number of hydrogen-bond donors (Lipinski definition) is 2. The van der Waals surface area contributed by atoms with Gasteiger partial charge in [-0.15, -0.1) is 0 Å². The first-order valence-electron chi connectivity index (χ1n) is 7.97. The Kier molecular flexibility index (Phi) is 12.8. The summed E-state index contributed by atoms with van der Waals surface area (Å²) >= 11 is 3.97. The Balaban J connectivity index is 3.42. The van der Waals surface area contributed by atoms with Crippen molar-refractivity contribution in [2.45, 2.75) is 57.8 Å². The first kappa shape index (κ1) is 20.5. The number of unbranched alkanes of at least 4 members (excludes halogenated alkanes) is 6. The van der Waals surface area contributed by atoms with Gasteiger partial charge in [0.05, 0.1) is 5.92 Å². The molecule has 0 aliphatic heterocycles. The van der Waals surface area contributed by atoms with Crippen molar-refractivity contribution < 1.29 is 14.7 Å². The second-order valence-corrected chi connectivity index (χ2v) is 6.35. The van der Waals surface area contributed by atoms with Crippen LogP contribution in [0, 0.1) is 5.92 Å². The predicted octanol–water partition coefficient (Wildman–Crippen LogP) is 3.26. The number of hydrogen-bond acceptors (Lipinski definition) is 4. The minimum absolute atomic E-state index is 0.0578. The van der Waals surface area contributed by atoms with Gasteiger partial charge in [-0.25, -0.2) is 0 Å². The van der Waals surface area contributed by atoms with Gasteiger partial charge in [-0.05, 0) is 33.5 Å². The number of carbonyl (C=O) groups is 2. The minimum atomic E-state index is -0.920. The van der Waals surface area contributed by atoms with Crippen molar-refractivity contribution in [2.75, 3.05) is 26.4 Å². The molecule has 0 amide bonds. The van der Waals surface area contributed by atoms with E-state index in [-0.39, 0.29) is 18.0 Å². The second kappa shape index (κ2) is 13.1. The van der Waals surface area contributed by atoms with Crippen LogP contribution in [0.1, 0.15) is 57.8 Å². The van der Waals surface area contributed by atoms with Crippen molar-refractivity contribution in [2.24, 2.45) is 5.92 Å². The highest BCUT2D eigenvalue weighted by molar-refractivity contribution is 7.80. The van der Waals surface area contributed by atoms with Crippen LogP contribution in [0.2, 0.25) is 0 Å². The molecule has 0 fully saturated rings. The number of ketones is 1. The molecule has 0 spiro atoms. The van der Waals surface area contributed by atoms with E-state index in [0.717, 1.165) is 19.4 Å². The van der Waals surface area contributed by atoms with Crippen LogP contribution in [0.5, 0.6) is 0 Å². The summed E-state index contributed by atoms with van der Waals surface area (Å²) in [4.78, 5) is 24.7. The van der Waals surface area contributed by atoms with E-state index in [4.69, 9.17) is 5.11 Å². The lowest BCUT2D eigenvalue weighted by atomic mass is 10.00. The molecular formula is C16H31NO3S. The van der Waals surface area contributed by atoms with Crippen molar-refractivity contribution in [3.8, 4) is 0 Å². The summed E-state index contributed by atoms with van der Waals surface area (Å²) in [5.41, 5.74) is 0. The normalized spacial score (nSPS) is 12.6. The Labute approximate surface area is 134 Å². The Bertz CT molecular complexity index is 295. The van der Waals surface area contributed by atoms with E-state index in [9.17, 15) is 9.59 Å².